The zero-order chi connectivity index (χ0) is 16.2. The molecular formula is C16H25NO4S. The van der Waals surface area contributed by atoms with Crippen LogP contribution in [-0.2, 0) is 21.2 Å². The summed E-state index contributed by atoms with van der Waals surface area (Å²) in [4.78, 5) is 0. The summed E-state index contributed by atoms with van der Waals surface area (Å²) in [6.45, 7) is 4.67. The van der Waals surface area contributed by atoms with Gasteiger partial charge in [-0.1, -0.05) is 12.1 Å². The maximum atomic E-state index is 12.5. The summed E-state index contributed by atoms with van der Waals surface area (Å²) in [6, 6.07) is 7.67. The summed E-state index contributed by atoms with van der Waals surface area (Å²) in [5, 5.41) is -0.397. The second-order valence-electron chi connectivity index (χ2n) is 6.03. The molecule has 0 radical (unpaired) electrons. The van der Waals surface area contributed by atoms with Crippen LogP contribution in [0.1, 0.15) is 25.8 Å². The van der Waals surface area contributed by atoms with Gasteiger partial charge in [0, 0.05) is 18.6 Å². The highest BCUT2D eigenvalue weighted by Gasteiger charge is 2.36. The molecule has 1 N–H and O–H groups in total. The van der Waals surface area contributed by atoms with Crippen molar-refractivity contribution in [3.8, 4) is 5.75 Å². The molecule has 0 spiro atoms. The van der Waals surface area contributed by atoms with E-state index in [4.69, 9.17) is 9.47 Å². The molecule has 22 heavy (non-hydrogen) atoms. The Kier molecular flexibility index (Phi) is 5.83. The van der Waals surface area contributed by atoms with Gasteiger partial charge in [0.25, 0.3) is 0 Å². The predicted octanol–water partition coefficient (Wildman–Crippen LogP) is 1.97. The monoisotopic (exact) mass is 327 g/mol. The molecule has 1 aliphatic heterocycles. The molecule has 1 saturated heterocycles. The van der Waals surface area contributed by atoms with E-state index >= 15 is 0 Å². The van der Waals surface area contributed by atoms with Gasteiger partial charge in [0.05, 0.1) is 19.0 Å². The number of rotatable bonds is 6. The Labute approximate surface area is 133 Å². The summed E-state index contributed by atoms with van der Waals surface area (Å²) in [5.74, 6) is 0.771. The Balaban J connectivity index is 2.12. The van der Waals surface area contributed by atoms with Gasteiger partial charge in [0.2, 0.25) is 10.0 Å². The molecule has 5 nitrogen and oxygen atoms in total. The molecule has 0 aromatic heterocycles. The lowest BCUT2D eigenvalue weighted by Crippen LogP contribution is -2.46. The van der Waals surface area contributed by atoms with Gasteiger partial charge >= 0.3 is 0 Å². The van der Waals surface area contributed by atoms with Gasteiger partial charge in [-0.15, -0.1) is 0 Å². The standard InChI is InChI=1S/C16H25NO4S/c1-12(2)17-22(18,19)16-8-9-21-11-14(16)10-13-4-6-15(20-3)7-5-13/h4-7,12,14,16-17H,8-11H2,1-3H3. The molecule has 2 unspecified atom stereocenters. The topological polar surface area (TPSA) is 64.6 Å². The summed E-state index contributed by atoms with van der Waals surface area (Å²) in [7, 11) is -1.69. The van der Waals surface area contributed by atoms with Crippen LogP contribution in [0.5, 0.6) is 5.75 Å². The summed E-state index contributed by atoms with van der Waals surface area (Å²) < 4.78 is 38.4. The van der Waals surface area contributed by atoms with E-state index in [2.05, 4.69) is 4.72 Å². The van der Waals surface area contributed by atoms with Gasteiger partial charge in [-0.25, -0.2) is 13.1 Å². The van der Waals surface area contributed by atoms with Crippen LogP contribution in [0.25, 0.3) is 0 Å². The fourth-order valence-electron chi connectivity index (χ4n) is 2.86. The smallest absolute Gasteiger partial charge is 0.215 e. The SMILES string of the molecule is COc1ccc(CC2COCCC2S(=O)(=O)NC(C)C)cc1. The fourth-order valence-corrected chi connectivity index (χ4v) is 4.78. The Hall–Kier alpha value is -1.11. The third-order valence-corrected chi connectivity index (χ3v) is 6.08. The summed E-state index contributed by atoms with van der Waals surface area (Å²) in [5.41, 5.74) is 1.10. The van der Waals surface area contributed by atoms with Crippen molar-refractivity contribution in [1.29, 1.82) is 0 Å². The first-order valence-corrected chi connectivity index (χ1v) is 9.19. The molecule has 1 fully saturated rings. The van der Waals surface area contributed by atoms with E-state index in [1.807, 2.05) is 38.1 Å². The molecule has 1 aliphatic rings. The third kappa shape index (κ3) is 4.44. The van der Waals surface area contributed by atoms with Crippen LogP contribution in [0, 0.1) is 5.92 Å². The van der Waals surface area contributed by atoms with Gasteiger partial charge in [-0.05, 0) is 44.4 Å². The van der Waals surface area contributed by atoms with Crippen LogP contribution in [0.3, 0.4) is 0 Å². The third-order valence-electron chi connectivity index (χ3n) is 3.86. The van der Waals surface area contributed by atoms with Crippen molar-refractivity contribution in [3.63, 3.8) is 0 Å². The zero-order valence-corrected chi connectivity index (χ0v) is 14.2. The van der Waals surface area contributed by atoms with Crippen LogP contribution < -0.4 is 9.46 Å². The maximum Gasteiger partial charge on any atom is 0.215 e. The number of nitrogens with one attached hydrogen (secondary N) is 1. The number of hydrogen-bond acceptors (Lipinski definition) is 4. The van der Waals surface area contributed by atoms with Gasteiger partial charge < -0.3 is 9.47 Å². The second-order valence-corrected chi connectivity index (χ2v) is 7.96. The molecule has 1 heterocycles. The van der Waals surface area contributed by atoms with Crippen molar-refractivity contribution < 1.29 is 17.9 Å². The van der Waals surface area contributed by atoms with Crippen LogP contribution in [-0.4, -0.2) is 40.0 Å². The summed E-state index contributed by atoms with van der Waals surface area (Å²) in [6.07, 6.45) is 1.23. The lowest BCUT2D eigenvalue weighted by molar-refractivity contribution is 0.0569. The Bertz CT molecular complexity index is 568. The highest BCUT2D eigenvalue weighted by atomic mass is 32.2. The normalized spacial score (nSPS) is 22.7. The predicted molar refractivity (Wildman–Crippen MR) is 86.6 cm³/mol. The van der Waals surface area contributed by atoms with E-state index in [0.717, 1.165) is 11.3 Å². The maximum absolute atomic E-state index is 12.5. The van der Waals surface area contributed by atoms with Crippen molar-refractivity contribution in [2.75, 3.05) is 20.3 Å². The summed E-state index contributed by atoms with van der Waals surface area (Å²) >= 11 is 0. The number of sulfonamides is 1. The van der Waals surface area contributed by atoms with E-state index in [1.54, 1.807) is 7.11 Å². The molecule has 2 atom stereocenters. The molecule has 2 rings (SSSR count). The average molecular weight is 327 g/mol. The second kappa shape index (κ2) is 7.44. The molecule has 0 bridgehead atoms. The number of ether oxygens (including phenoxy) is 2. The Morgan fingerprint density at radius 2 is 2.00 bits per heavy atom. The molecule has 1 aromatic carbocycles. The molecule has 0 saturated carbocycles. The lowest BCUT2D eigenvalue weighted by atomic mass is 9.93. The van der Waals surface area contributed by atoms with Gasteiger partial charge in [-0.2, -0.15) is 0 Å². The van der Waals surface area contributed by atoms with Crippen LogP contribution in [0.4, 0.5) is 0 Å². The Morgan fingerprint density at radius 1 is 1.32 bits per heavy atom. The minimum absolute atomic E-state index is 0.0293. The van der Waals surface area contributed by atoms with E-state index in [0.29, 0.717) is 26.1 Å². The van der Waals surface area contributed by atoms with Gasteiger partial charge in [0.15, 0.2) is 0 Å². The van der Waals surface area contributed by atoms with Crippen LogP contribution in [0.2, 0.25) is 0 Å². The van der Waals surface area contributed by atoms with Crippen LogP contribution >= 0.6 is 0 Å². The van der Waals surface area contributed by atoms with E-state index < -0.39 is 15.3 Å². The number of methoxy groups -OCH3 is 1. The van der Waals surface area contributed by atoms with Gasteiger partial charge in [-0.3, -0.25) is 0 Å². The van der Waals surface area contributed by atoms with Crippen LogP contribution in [0.15, 0.2) is 24.3 Å². The minimum Gasteiger partial charge on any atom is -0.497 e. The van der Waals surface area contributed by atoms with E-state index in [1.165, 1.54) is 0 Å². The molecule has 1 aromatic rings. The number of benzene rings is 1. The van der Waals surface area contributed by atoms with Crippen molar-refractivity contribution in [1.82, 2.24) is 4.72 Å². The van der Waals surface area contributed by atoms with E-state index in [-0.39, 0.29) is 12.0 Å². The first-order valence-electron chi connectivity index (χ1n) is 7.64. The zero-order valence-electron chi connectivity index (χ0n) is 13.4. The highest BCUT2D eigenvalue weighted by molar-refractivity contribution is 7.90. The Morgan fingerprint density at radius 3 is 2.59 bits per heavy atom. The molecule has 0 aliphatic carbocycles. The van der Waals surface area contributed by atoms with Gasteiger partial charge in [0.1, 0.15) is 5.75 Å². The first kappa shape index (κ1) is 17.2. The number of hydrogen-bond donors (Lipinski definition) is 1. The quantitative estimate of drug-likeness (QED) is 0.867. The van der Waals surface area contributed by atoms with Crippen molar-refractivity contribution in [2.45, 2.75) is 38.0 Å². The highest BCUT2D eigenvalue weighted by Crippen LogP contribution is 2.26. The molecular weight excluding hydrogens is 302 g/mol. The van der Waals surface area contributed by atoms with Crippen molar-refractivity contribution in [3.05, 3.63) is 29.8 Å². The molecule has 0 amide bonds. The average Bonchev–Trinajstić information content (AvgIpc) is 2.47. The largest absolute Gasteiger partial charge is 0.497 e. The van der Waals surface area contributed by atoms with E-state index in [9.17, 15) is 8.42 Å². The van der Waals surface area contributed by atoms with Crippen molar-refractivity contribution in [2.24, 2.45) is 5.92 Å². The van der Waals surface area contributed by atoms with Crippen molar-refractivity contribution >= 4 is 10.0 Å². The molecule has 6 heteroatoms. The molecule has 124 valence electrons. The minimum atomic E-state index is -3.32. The first-order chi connectivity index (χ1) is 10.4. The lowest BCUT2D eigenvalue weighted by Gasteiger charge is -2.32. The fraction of sp³-hybridized carbons (Fsp3) is 0.625.